The summed E-state index contributed by atoms with van der Waals surface area (Å²) < 4.78 is 95.3. The number of nitriles is 2. The zero-order valence-corrected chi connectivity index (χ0v) is 38.1. The zero-order valence-electron chi connectivity index (χ0n) is 35.0. The van der Waals surface area contributed by atoms with Gasteiger partial charge in [-0.15, -0.1) is 12.2 Å². The first kappa shape index (κ1) is 63.6. The third-order valence-corrected chi connectivity index (χ3v) is 6.54. The molecule has 354 valence electrons. The number of aromatic nitrogens is 4. The van der Waals surface area contributed by atoms with E-state index >= 15 is 0 Å². The summed E-state index contributed by atoms with van der Waals surface area (Å²) in [5.74, 6) is -4.32. The molecule has 0 N–H and O–H groups in total. The molecule has 4 heterocycles. The van der Waals surface area contributed by atoms with Crippen LogP contribution in [0.15, 0.2) is 109 Å². The molecule has 0 amide bonds. The van der Waals surface area contributed by atoms with E-state index in [4.69, 9.17) is 10.5 Å². The molecule has 6 aromatic rings. The van der Waals surface area contributed by atoms with Crippen molar-refractivity contribution in [1.82, 2.24) is 19.9 Å². The van der Waals surface area contributed by atoms with Crippen LogP contribution in [0.4, 0.5) is 34.5 Å². The molecule has 0 aliphatic carbocycles. The molecular formula is C40H34B2F8N6O8Pd2. The molecular weight excluding hydrogens is 1080 g/mol. The SMILES string of the molecule is CC#N.CC#N.COC(=O)[C-]=C(C(=O)OC)C(=[C-]C(=O)OC)C(=O)OC.F[B-](F)(F)F.F[B-](F)(F)F.[Pd+2].[Pd+2].c1cnc2c(c1)ccc1cccnc12.c1cnc2c(c1)ccc1cccnc12. The fraction of sp³-hybridized carbons (Fsp3) is 0.150. The number of pyridine rings is 4. The molecule has 26 heteroatoms. The first-order valence-electron chi connectivity index (χ1n) is 17.3. The molecule has 0 unspecified atom stereocenters. The van der Waals surface area contributed by atoms with Gasteiger partial charge < -0.3 is 63.1 Å². The minimum atomic E-state index is -6.00. The Bertz CT molecular complexity index is 2330. The number of benzene rings is 2. The summed E-state index contributed by atoms with van der Waals surface area (Å²) in [4.78, 5) is 62.8. The van der Waals surface area contributed by atoms with Gasteiger partial charge in [-0.2, -0.15) is 10.5 Å². The molecule has 0 saturated heterocycles. The Morgan fingerprint density at radius 1 is 0.470 bits per heavy atom. The standard InChI is InChI=1S/2C12H8N2.C12H12O8.2C2H3N.2BF4.2Pd/c2*1-3-9-5-6-10-4-2-8-14-12(10)11(9)13-7-1;1-17-9(13)5-7(11(15)19-3)8(12(16)20-4)6-10(14)18-2;2*1-2-3;2*2-1(3,4)5;;/h2*1-8H;1-4H3;2*1H3;;;;/q;;-2;;;2*-1;2*+2. The van der Waals surface area contributed by atoms with Crippen molar-refractivity contribution in [3.8, 4) is 12.1 Å². The summed E-state index contributed by atoms with van der Waals surface area (Å²) in [5, 5.41) is 19.2. The second-order valence-corrected chi connectivity index (χ2v) is 10.8. The topological polar surface area (TPSA) is 204 Å². The van der Waals surface area contributed by atoms with Gasteiger partial charge in [-0.25, -0.2) is 11.1 Å². The van der Waals surface area contributed by atoms with E-state index in [1.165, 1.54) is 13.8 Å². The molecule has 0 spiro atoms. The molecule has 4 aromatic heterocycles. The van der Waals surface area contributed by atoms with E-state index in [0.717, 1.165) is 72.1 Å². The number of carbonyl (C=O) groups is 4. The van der Waals surface area contributed by atoms with Crippen molar-refractivity contribution < 1.29 is 113 Å². The minimum Gasteiger partial charge on any atom is -0.531 e. The van der Waals surface area contributed by atoms with Crippen LogP contribution in [0.25, 0.3) is 43.6 Å². The monoisotopic (exact) mass is 1110 g/mol. The molecule has 0 bridgehead atoms. The Kier molecular flexibility index (Phi) is 32.5. The number of nitrogens with zero attached hydrogens (tertiary/aromatic N) is 6. The van der Waals surface area contributed by atoms with Gasteiger partial charge >= 0.3 is 55.4 Å². The number of hydrogen-bond acceptors (Lipinski definition) is 14. The molecule has 0 atom stereocenters. The fourth-order valence-corrected chi connectivity index (χ4v) is 4.30. The maximum Gasteiger partial charge on any atom is 2.00 e. The van der Waals surface area contributed by atoms with E-state index in [1.807, 2.05) is 36.4 Å². The maximum atomic E-state index is 11.5. The van der Waals surface area contributed by atoms with Crippen LogP contribution >= 0.6 is 0 Å². The van der Waals surface area contributed by atoms with Crippen molar-refractivity contribution in [3.63, 3.8) is 0 Å². The number of rotatable bonds is 5. The molecule has 2 aromatic carbocycles. The number of halogens is 8. The zero-order chi connectivity index (χ0) is 48.9. The number of carbonyl (C=O) groups excluding carboxylic acids is 4. The molecule has 6 rings (SSSR count). The second kappa shape index (κ2) is 33.8. The summed E-state index contributed by atoms with van der Waals surface area (Å²) in [6.07, 6.45) is 11.1. The van der Waals surface area contributed by atoms with Crippen LogP contribution in [-0.2, 0) is 79.0 Å². The van der Waals surface area contributed by atoms with Gasteiger partial charge in [0.25, 0.3) is 11.9 Å². The van der Waals surface area contributed by atoms with E-state index in [0.29, 0.717) is 0 Å². The second-order valence-electron chi connectivity index (χ2n) is 10.8. The number of esters is 4. The van der Waals surface area contributed by atoms with Crippen LogP contribution in [0.5, 0.6) is 0 Å². The van der Waals surface area contributed by atoms with E-state index < -0.39 is 49.5 Å². The van der Waals surface area contributed by atoms with Gasteiger partial charge in [0, 0.05) is 60.2 Å². The van der Waals surface area contributed by atoms with E-state index in [9.17, 15) is 53.7 Å². The Balaban J connectivity index is -0.000000771. The first-order valence-corrected chi connectivity index (χ1v) is 17.3. The predicted molar refractivity (Wildman–Crippen MR) is 219 cm³/mol. The van der Waals surface area contributed by atoms with Crippen molar-refractivity contribution in [1.29, 1.82) is 10.5 Å². The van der Waals surface area contributed by atoms with Crippen LogP contribution < -0.4 is 0 Å². The molecule has 66 heavy (non-hydrogen) atoms. The summed E-state index contributed by atoms with van der Waals surface area (Å²) in [5.41, 5.74) is 2.57. The minimum absolute atomic E-state index is 0. The largest absolute Gasteiger partial charge is 2.00 e. The number of hydrogen-bond donors (Lipinski definition) is 0. The summed E-state index contributed by atoms with van der Waals surface area (Å²) in [6, 6.07) is 27.8. The fourth-order valence-electron chi connectivity index (χ4n) is 4.30. The van der Waals surface area contributed by atoms with Crippen LogP contribution in [0.3, 0.4) is 0 Å². The van der Waals surface area contributed by atoms with Crippen molar-refractivity contribution in [3.05, 3.63) is 121 Å². The van der Waals surface area contributed by atoms with Crippen molar-refractivity contribution in [2.45, 2.75) is 13.8 Å². The number of fused-ring (bicyclic) bond motifs is 6. The molecule has 0 saturated carbocycles. The molecule has 0 radical (unpaired) electrons. The summed E-state index contributed by atoms with van der Waals surface area (Å²) in [7, 11) is -7.91. The van der Waals surface area contributed by atoms with Gasteiger partial charge in [0.1, 0.15) is 0 Å². The quantitative estimate of drug-likeness (QED) is 0.0233. The number of methoxy groups -OCH3 is 4. The van der Waals surface area contributed by atoms with Crippen molar-refractivity contribution in [2.24, 2.45) is 0 Å². The van der Waals surface area contributed by atoms with Gasteiger partial charge in [-0.1, -0.05) is 48.5 Å². The smallest absolute Gasteiger partial charge is 0.531 e. The predicted octanol–water partition coefficient (Wildman–Crippen LogP) is 8.36. The Hall–Kier alpha value is -6.69. The van der Waals surface area contributed by atoms with Gasteiger partial charge in [0.15, 0.2) is 11.9 Å². The van der Waals surface area contributed by atoms with E-state index in [-0.39, 0.29) is 40.8 Å². The average Bonchev–Trinajstić information content (AvgIpc) is 3.26. The summed E-state index contributed by atoms with van der Waals surface area (Å²) in [6.45, 7) is 2.86. The van der Waals surface area contributed by atoms with Gasteiger partial charge in [0.05, 0.1) is 62.6 Å². The third kappa shape index (κ3) is 26.2. The van der Waals surface area contributed by atoms with Gasteiger partial charge in [0.2, 0.25) is 0 Å². The van der Waals surface area contributed by atoms with E-state index in [2.05, 4.69) is 87.4 Å². The number of ether oxygens (including phenoxy) is 4. The van der Waals surface area contributed by atoms with Crippen LogP contribution in [0.1, 0.15) is 13.8 Å². The summed E-state index contributed by atoms with van der Waals surface area (Å²) >= 11 is 0. The molecule has 14 nitrogen and oxygen atoms in total. The Morgan fingerprint density at radius 2 is 0.667 bits per heavy atom. The maximum absolute atomic E-state index is 11.5. The van der Waals surface area contributed by atoms with Gasteiger partial charge in [-0.05, 0) is 24.3 Å². The average molecular weight is 1110 g/mol. The van der Waals surface area contributed by atoms with E-state index in [1.54, 1.807) is 36.9 Å². The molecule has 0 fully saturated rings. The first-order chi connectivity index (χ1) is 30.1. The van der Waals surface area contributed by atoms with Crippen molar-refractivity contribution >= 4 is 82.0 Å². The Labute approximate surface area is 399 Å². The molecule has 0 aliphatic heterocycles. The Morgan fingerprint density at radius 3 is 0.833 bits per heavy atom. The normalized spacial score (nSPS) is 10.1. The van der Waals surface area contributed by atoms with Crippen LogP contribution in [-0.4, -0.2) is 86.8 Å². The third-order valence-electron chi connectivity index (χ3n) is 6.54. The van der Waals surface area contributed by atoms with Gasteiger partial charge in [-0.3, -0.25) is 29.5 Å². The van der Waals surface area contributed by atoms with Crippen LogP contribution in [0.2, 0.25) is 0 Å². The molecule has 0 aliphatic rings. The van der Waals surface area contributed by atoms with Crippen LogP contribution in [0, 0.1) is 34.8 Å². The van der Waals surface area contributed by atoms with Crippen molar-refractivity contribution in [2.75, 3.05) is 28.4 Å².